The number of rotatable bonds is 0. The van der Waals surface area contributed by atoms with Gasteiger partial charge in [-0.1, -0.05) is 23.2 Å². The van der Waals surface area contributed by atoms with Gasteiger partial charge >= 0.3 is 0 Å². The van der Waals surface area contributed by atoms with Crippen molar-refractivity contribution in [3.8, 4) is 0 Å². The van der Waals surface area contributed by atoms with Gasteiger partial charge in [0.05, 0.1) is 0 Å². The predicted octanol–water partition coefficient (Wildman–Crippen LogP) is 0.753. The Morgan fingerprint density at radius 2 is 2.23 bits per heavy atom. The number of fused-ring (bicyclic) bond motifs is 1. The van der Waals surface area contributed by atoms with Gasteiger partial charge in [-0.25, -0.2) is 4.99 Å². The highest BCUT2D eigenvalue weighted by Crippen LogP contribution is 2.25. The van der Waals surface area contributed by atoms with E-state index in [1.54, 1.807) is 0 Å². The van der Waals surface area contributed by atoms with E-state index in [0.29, 0.717) is 11.8 Å². The van der Waals surface area contributed by atoms with E-state index in [1.807, 2.05) is 23.9 Å². The van der Waals surface area contributed by atoms with E-state index in [-0.39, 0.29) is 5.62 Å². The first kappa shape index (κ1) is 8.97. The number of amidine groups is 1. The smallest absolute Gasteiger partial charge is 0.179 e. The third-order valence-corrected chi connectivity index (χ3v) is 2.84. The molecule has 0 saturated carbocycles. The highest BCUT2D eigenvalue weighted by molar-refractivity contribution is 6.33. The van der Waals surface area contributed by atoms with Crippen LogP contribution in [0.25, 0.3) is 0 Å². The summed E-state index contributed by atoms with van der Waals surface area (Å²) in [5.74, 6) is 0.853. The maximum Gasteiger partial charge on any atom is 0.179 e. The van der Waals surface area contributed by atoms with Crippen LogP contribution in [0.5, 0.6) is 0 Å². The Morgan fingerprint density at radius 1 is 1.54 bits per heavy atom. The van der Waals surface area contributed by atoms with Crippen molar-refractivity contribution in [2.45, 2.75) is 5.62 Å². The molecule has 0 aromatic carbocycles. The van der Waals surface area contributed by atoms with Crippen molar-refractivity contribution in [1.29, 1.82) is 0 Å². The third kappa shape index (κ3) is 1.25. The van der Waals surface area contributed by atoms with Gasteiger partial charge < -0.3 is 15.1 Å². The van der Waals surface area contributed by atoms with Crippen LogP contribution in [-0.4, -0.2) is 42.0 Å². The van der Waals surface area contributed by atoms with Crippen LogP contribution in [0, 0.1) is 0 Å². The van der Waals surface area contributed by atoms with Crippen molar-refractivity contribution < 1.29 is 0 Å². The lowest BCUT2D eigenvalue weighted by Gasteiger charge is -2.33. The van der Waals surface area contributed by atoms with Crippen LogP contribution in [0.4, 0.5) is 0 Å². The van der Waals surface area contributed by atoms with Gasteiger partial charge in [0.15, 0.2) is 11.5 Å². The van der Waals surface area contributed by atoms with Gasteiger partial charge in [-0.2, -0.15) is 0 Å². The fraction of sp³-hybridized carbons (Fsp3) is 0.571. The molecule has 0 saturated heterocycles. The monoisotopic (exact) mass is 220 g/mol. The Bertz CT molecular complexity index is 299. The van der Waals surface area contributed by atoms with Gasteiger partial charge in [0, 0.05) is 14.1 Å². The quantitative estimate of drug-likeness (QED) is 0.483. The van der Waals surface area contributed by atoms with Crippen molar-refractivity contribution in [2.24, 2.45) is 4.99 Å². The van der Waals surface area contributed by atoms with Crippen LogP contribution < -0.4 is 5.32 Å². The van der Waals surface area contributed by atoms with E-state index in [1.165, 1.54) is 0 Å². The largest absolute Gasteiger partial charge is 0.350 e. The summed E-state index contributed by atoms with van der Waals surface area (Å²) in [6.07, 6.45) is 0. The normalized spacial score (nSPS) is 27.4. The topological polar surface area (TPSA) is 30.9 Å². The van der Waals surface area contributed by atoms with Gasteiger partial charge in [0.1, 0.15) is 17.5 Å². The molecule has 1 atom stereocenters. The Balaban J connectivity index is 2.42. The molecule has 0 bridgehead atoms. The molecule has 2 aliphatic rings. The van der Waals surface area contributed by atoms with E-state index < -0.39 is 0 Å². The maximum atomic E-state index is 6.01. The zero-order valence-electron chi connectivity index (χ0n) is 7.38. The summed E-state index contributed by atoms with van der Waals surface area (Å²) in [5, 5.41) is 3.51. The molecule has 0 aliphatic carbocycles. The van der Waals surface area contributed by atoms with Gasteiger partial charge in [-0.3, -0.25) is 0 Å². The Hall–Kier alpha value is -0.610. The van der Waals surface area contributed by atoms with Crippen LogP contribution in [-0.2, 0) is 0 Å². The van der Waals surface area contributed by atoms with Gasteiger partial charge in [0.25, 0.3) is 0 Å². The average molecular weight is 221 g/mol. The van der Waals surface area contributed by atoms with Gasteiger partial charge in [-0.15, -0.1) is 0 Å². The van der Waals surface area contributed by atoms with E-state index >= 15 is 0 Å². The molecule has 0 radical (unpaired) electrons. The molecule has 72 valence electrons. The van der Waals surface area contributed by atoms with Gasteiger partial charge in [-0.05, 0) is 0 Å². The van der Waals surface area contributed by atoms with E-state index in [2.05, 4.69) is 10.3 Å². The first-order chi connectivity index (χ1) is 6.11. The summed E-state index contributed by atoms with van der Waals surface area (Å²) in [6, 6.07) is 0. The number of hydrogen-bond donors (Lipinski definition) is 1. The summed E-state index contributed by atoms with van der Waals surface area (Å²) in [7, 11) is 3.82. The Morgan fingerprint density at radius 3 is 2.92 bits per heavy atom. The van der Waals surface area contributed by atoms with E-state index in [4.69, 9.17) is 23.2 Å². The average Bonchev–Trinajstić information content (AvgIpc) is 2.44. The molecular formula is C7H10Cl2N4. The van der Waals surface area contributed by atoms with Crippen LogP contribution in [0.3, 0.4) is 0 Å². The first-order valence-electron chi connectivity index (χ1n) is 3.90. The van der Waals surface area contributed by atoms with Crippen LogP contribution in [0.2, 0.25) is 0 Å². The molecule has 1 unspecified atom stereocenters. The number of alkyl halides is 1. The molecule has 0 fully saturated rings. The van der Waals surface area contributed by atoms with Crippen molar-refractivity contribution in [1.82, 2.24) is 15.1 Å². The standard InChI is InChI=1S/C7H10Cl2N4/c1-12-3-10-6-4(12)5(8)11-7(9)13(6)2/h7,11H,3H2,1-2H3. The third-order valence-electron chi connectivity index (χ3n) is 2.15. The highest BCUT2D eigenvalue weighted by Gasteiger charge is 2.33. The number of nitrogens with one attached hydrogen (secondary N) is 1. The number of halogens is 2. The molecule has 4 nitrogen and oxygen atoms in total. The Kier molecular flexibility index (Phi) is 2.04. The molecule has 1 N–H and O–H groups in total. The molecule has 0 spiro atoms. The lowest BCUT2D eigenvalue weighted by molar-refractivity contribution is 0.398. The molecular weight excluding hydrogens is 211 g/mol. The molecule has 0 amide bonds. The molecule has 0 aromatic heterocycles. The first-order valence-corrected chi connectivity index (χ1v) is 4.72. The summed E-state index contributed by atoms with van der Waals surface area (Å²) >= 11 is 12.0. The molecule has 2 aliphatic heterocycles. The highest BCUT2D eigenvalue weighted by atomic mass is 35.5. The number of hydrogen-bond acceptors (Lipinski definition) is 4. The van der Waals surface area contributed by atoms with Crippen LogP contribution >= 0.6 is 23.2 Å². The second-order valence-corrected chi connectivity index (χ2v) is 3.87. The minimum atomic E-state index is -0.318. The summed E-state index contributed by atoms with van der Waals surface area (Å²) in [4.78, 5) is 8.15. The molecule has 13 heavy (non-hydrogen) atoms. The maximum absolute atomic E-state index is 6.01. The lowest BCUT2D eigenvalue weighted by Crippen LogP contribution is -2.48. The zero-order valence-corrected chi connectivity index (χ0v) is 8.89. The zero-order chi connectivity index (χ0) is 9.59. The molecule has 2 heterocycles. The molecule has 2 rings (SSSR count). The molecule has 6 heteroatoms. The number of aliphatic imine (C=N–C) groups is 1. The number of nitrogens with zero attached hydrogens (tertiary/aromatic N) is 3. The van der Waals surface area contributed by atoms with Crippen molar-refractivity contribution in [3.05, 3.63) is 10.9 Å². The van der Waals surface area contributed by atoms with Crippen molar-refractivity contribution in [2.75, 3.05) is 20.8 Å². The second kappa shape index (κ2) is 2.96. The summed E-state index contributed by atoms with van der Waals surface area (Å²) in [5.41, 5.74) is 0.600. The van der Waals surface area contributed by atoms with Crippen molar-refractivity contribution >= 4 is 29.0 Å². The van der Waals surface area contributed by atoms with Crippen LogP contribution in [0.1, 0.15) is 0 Å². The summed E-state index contributed by atoms with van der Waals surface area (Å²) < 4.78 is 0. The van der Waals surface area contributed by atoms with E-state index in [9.17, 15) is 0 Å². The summed E-state index contributed by atoms with van der Waals surface area (Å²) in [6.45, 7) is 0.635. The fourth-order valence-corrected chi connectivity index (χ4v) is 2.00. The van der Waals surface area contributed by atoms with Gasteiger partial charge in [0.2, 0.25) is 0 Å². The minimum absolute atomic E-state index is 0.318. The van der Waals surface area contributed by atoms with E-state index in [0.717, 1.165) is 11.5 Å². The SMILES string of the molecule is CN1CN=C2C1=C(Cl)NC(Cl)N2C. The molecule has 0 aromatic rings. The lowest BCUT2D eigenvalue weighted by atomic mass is 10.3. The Labute approximate surface area is 86.8 Å². The van der Waals surface area contributed by atoms with Crippen LogP contribution in [0.15, 0.2) is 15.8 Å². The predicted molar refractivity (Wildman–Crippen MR) is 53.5 cm³/mol. The second-order valence-electron chi connectivity index (χ2n) is 3.07. The number of likely N-dealkylation sites (N-methyl/N-ethyl adjacent to an activating group) is 2. The fourth-order valence-electron chi connectivity index (χ4n) is 1.41. The van der Waals surface area contributed by atoms with Crippen molar-refractivity contribution in [3.63, 3.8) is 0 Å². The minimum Gasteiger partial charge on any atom is -0.350 e.